The van der Waals surface area contributed by atoms with Gasteiger partial charge in [-0.3, -0.25) is 9.20 Å². The molecule has 1 saturated heterocycles. The Bertz CT molecular complexity index is 1050. The van der Waals surface area contributed by atoms with Crippen LogP contribution in [0.5, 0.6) is 0 Å². The zero-order valence-electron chi connectivity index (χ0n) is 15.4. The summed E-state index contributed by atoms with van der Waals surface area (Å²) in [6.07, 6.45) is 3.01. The van der Waals surface area contributed by atoms with E-state index >= 15 is 0 Å². The minimum absolute atomic E-state index is 0.0819. The highest BCUT2D eigenvalue weighted by Crippen LogP contribution is 2.23. The number of aromatic nitrogens is 2. The second-order valence-corrected chi connectivity index (χ2v) is 7.60. The van der Waals surface area contributed by atoms with E-state index in [-0.39, 0.29) is 16.7 Å². The molecule has 0 bridgehead atoms. The van der Waals surface area contributed by atoms with Gasteiger partial charge in [-0.2, -0.15) is 0 Å². The van der Waals surface area contributed by atoms with Crippen molar-refractivity contribution in [2.75, 3.05) is 18.9 Å². The van der Waals surface area contributed by atoms with Crippen LogP contribution in [-0.4, -0.2) is 35.5 Å². The van der Waals surface area contributed by atoms with Crippen LogP contribution in [-0.2, 0) is 9.31 Å². The summed E-state index contributed by atoms with van der Waals surface area (Å²) in [6, 6.07) is 5.37. The fourth-order valence-corrected chi connectivity index (χ4v) is 3.12. The molecule has 144 valence electrons. The molecule has 2 aromatic heterocycles. The number of nitrogen functional groups attached to an aromatic ring is 1. The number of anilines is 1. The van der Waals surface area contributed by atoms with Gasteiger partial charge in [0.2, 0.25) is 5.78 Å². The smallest absolute Gasteiger partial charge is 0.407 e. The summed E-state index contributed by atoms with van der Waals surface area (Å²) in [4.78, 5) is 17.1. The number of pyridine rings is 1. The maximum atomic E-state index is 13.8. The van der Waals surface area contributed by atoms with Crippen LogP contribution in [0.4, 0.5) is 14.5 Å². The Morgan fingerprint density at radius 3 is 2.54 bits per heavy atom. The molecule has 0 aliphatic carbocycles. The van der Waals surface area contributed by atoms with E-state index in [1.165, 1.54) is 6.20 Å². The van der Waals surface area contributed by atoms with E-state index in [0.717, 1.165) is 12.1 Å². The van der Waals surface area contributed by atoms with Crippen LogP contribution in [0.3, 0.4) is 0 Å². The van der Waals surface area contributed by atoms with Gasteiger partial charge in [-0.1, -0.05) is 19.9 Å². The van der Waals surface area contributed by atoms with Crippen LogP contribution in [0.2, 0.25) is 0 Å². The molecule has 9 heteroatoms. The highest BCUT2D eigenvalue weighted by atomic mass is 19.1. The monoisotopic (exact) mass is 385 g/mol. The van der Waals surface area contributed by atoms with E-state index in [1.807, 2.05) is 19.9 Å². The summed E-state index contributed by atoms with van der Waals surface area (Å²) in [6.45, 7) is 5.13. The van der Waals surface area contributed by atoms with Crippen molar-refractivity contribution in [2.45, 2.75) is 13.8 Å². The van der Waals surface area contributed by atoms with Gasteiger partial charge in [0.15, 0.2) is 0 Å². The van der Waals surface area contributed by atoms with Gasteiger partial charge in [0.25, 0.3) is 0 Å². The number of hydrogen-bond donors (Lipinski definition) is 1. The van der Waals surface area contributed by atoms with Gasteiger partial charge in [-0.25, -0.2) is 13.8 Å². The third-order valence-corrected chi connectivity index (χ3v) is 4.64. The van der Waals surface area contributed by atoms with Gasteiger partial charge in [0.05, 0.1) is 6.20 Å². The zero-order valence-corrected chi connectivity index (χ0v) is 15.4. The molecule has 3 heterocycles. The van der Waals surface area contributed by atoms with Crippen LogP contribution in [0, 0.1) is 17.0 Å². The van der Waals surface area contributed by atoms with E-state index in [0.29, 0.717) is 24.3 Å². The second kappa shape index (κ2) is 6.68. The molecule has 0 radical (unpaired) electrons. The number of nitrogens with two attached hydrogens (primary N) is 1. The molecule has 0 saturated carbocycles. The Labute approximate surface area is 160 Å². The number of carbonyl (C=O) groups excluding carboxylic acids is 1. The molecule has 1 aromatic carbocycles. The van der Waals surface area contributed by atoms with Gasteiger partial charge >= 0.3 is 7.12 Å². The zero-order chi connectivity index (χ0) is 20.1. The topological polar surface area (TPSA) is 78.9 Å². The molecule has 6 nitrogen and oxygen atoms in total. The normalized spacial score (nSPS) is 16.5. The van der Waals surface area contributed by atoms with E-state index in [2.05, 4.69) is 4.98 Å². The highest BCUT2D eigenvalue weighted by Gasteiger charge is 2.35. The Balaban J connectivity index is 1.72. The third-order valence-electron chi connectivity index (χ3n) is 4.64. The molecule has 1 fully saturated rings. The number of fused-ring (bicyclic) bond motifs is 1. The quantitative estimate of drug-likeness (QED) is 0.425. The number of benzene rings is 1. The number of rotatable bonds is 3. The lowest BCUT2D eigenvalue weighted by molar-refractivity contribution is 0.0344. The molecule has 1 aliphatic rings. The maximum Gasteiger partial charge on any atom is 0.497 e. The lowest BCUT2D eigenvalue weighted by Crippen LogP contribution is -2.48. The largest absolute Gasteiger partial charge is 0.497 e. The van der Waals surface area contributed by atoms with Crippen molar-refractivity contribution < 1.29 is 22.9 Å². The fraction of sp³-hybridized carbons (Fsp3) is 0.263. The average molecular weight is 385 g/mol. The summed E-state index contributed by atoms with van der Waals surface area (Å²) in [7, 11) is -0.603. The Morgan fingerprint density at radius 2 is 1.89 bits per heavy atom. The van der Waals surface area contributed by atoms with Crippen molar-refractivity contribution in [1.82, 2.24) is 9.38 Å². The van der Waals surface area contributed by atoms with Crippen molar-refractivity contribution in [3.63, 3.8) is 0 Å². The fourth-order valence-electron chi connectivity index (χ4n) is 3.12. The van der Waals surface area contributed by atoms with Crippen molar-refractivity contribution >= 4 is 29.7 Å². The van der Waals surface area contributed by atoms with Gasteiger partial charge in [-0.15, -0.1) is 0 Å². The Hall–Kier alpha value is -2.78. The van der Waals surface area contributed by atoms with Crippen LogP contribution in [0.15, 0.2) is 36.7 Å². The molecular formula is C19H18BF2N3O3. The van der Waals surface area contributed by atoms with E-state index in [1.54, 1.807) is 16.7 Å². The summed E-state index contributed by atoms with van der Waals surface area (Å²) in [5, 5.41) is 0. The number of hydrogen-bond acceptors (Lipinski definition) is 5. The summed E-state index contributed by atoms with van der Waals surface area (Å²) in [5.41, 5.74) is 5.74. The summed E-state index contributed by atoms with van der Waals surface area (Å²) in [5.74, 6) is -2.54. The van der Waals surface area contributed by atoms with Crippen LogP contribution >= 0.6 is 0 Å². The number of imidazole rings is 1. The number of ketones is 1. The lowest BCUT2D eigenvalue weighted by Gasteiger charge is -2.33. The first-order valence-corrected chi connectivity index (χ1v) is 8.75. The summed E-state index contributed by atoms with van der Waals surface area (Å²) < 4.78 is 40.7. The van der Waals surface area contributed by atoms with Gasteiger partial charge in [0.1, 0.15) is 28.7 Å². The van der Waals surface area contributed by atoms with Gasteiger partial charge < -0.3 is 15.0 Å². The van der Waals surface area contributed by atoms with E-state index in [9.17, 15) is 13.6 Å². The first kappa shape index (κ1) is 18.6. The van der Waals surface area contributed by atoms with Crippen molar-refractivity contribution in [3.8, 4) is 0 Å². The van der Waals surface area contributed by atoms with E-state index in [4.69, 9.17) is 15.0 Å². The molecule has 0 spiro atoms. The van der Waals surface area contributed by atoms with Crippen molar-refractivity contribution in [2.24, 2.45) is 5.41 Å². The number of halogens is 2. The molecule has 3 aromatic rings. The maximum absolute atomic E-state index is 13.8. The number of nitrogens with zero attached hydrogens (tertiary/aromatic N) is 2. The third kappa shape index (κ3) is 3.16. The van der Waals surface area contributed by atoms with Gasteiger partial charge in [0, 0.05) is 35.9 Å². The molecule has 0 unspecified atom stereocenters. The average Bonchev–Trinajstić information content (AvgIpc) is 3.09. The van der Waals surface area contributed by atoms with Crippen LogP contribution in [0.1, 0.15) is 29.9 Å². The first-order valence-electron chi connectivity index (χ1n) is 8.75. The molecule has 2 N–H and O–H groups in total. The van der Waals surface area contributed by atoms with Crippen LogP contribution in [0.25, 0.3) is 5.65 Å². The predicted octanol–water partition coefficient (Wildman–Crippen LogP) is 2.19. The van der Waals surface area contributed by atoms with Crippen LogP contribution < -0.4 is 11.2 Å². The molecule has 0 amide bonds. The first-order chi connectivity index (χ1) is 13.3. The molecule has 28 heavy (non-hydrogen) atoms. The molecule has 0 atom stereocenters. The molecule has 4 rings (SSSR count). The SMILES string of the molecule is CC1(C)COB(c2cccn3c(C(=O)c4cc(F)c(N)c(F)c4)cnc23)OC1. The lowest BCUT2D eigenvalue weighted by atomic mass is 9.76. The van der Waals surface area contributed by atoms with E-state index < -0.39 is 30.2 Å². The van der Waals surface area contributed by atoms with Gasteiger partial charge in [-0.05, 0) is 18.2 Å². The minimum Gasteiger partial charge on any atom is -0.407 e. The molecule has 1 aliphatic heterocycles. The number of carbonyl (C=O) groups is 1. The predicted molar refractivity (Wildman–Crippen MR) is 100 cm³/mol. The Kier molecular flexibility index (Phi) is 4.43. The van der Waals surface area contributed by atoms with Crippen molar-refractivity contribution in [1.29, 1.82) is 0 Å². The summed E-state index contributed by atoms with van der Waals surface area (Å²) >= 11 is 0. The second-order valence-electron chi connectivity index (χ2n) is 7.60. The highest BCUT2D eigenvalue weighted by molar-refractivity contribution is 6.63. The molecular weight excluding hydrogens is 367 g/mol. The van der Waals surface area contributed by atoms with Crippen molar-refractivity contribution in [3.05, 3.63) is 59.6 Å². The minimum atomic E-state index is -0.982. The standard InChI is InChI=1S/C19H18BF2N3O3/c1-19(2)9-27-20(28-10-19)12-4-3-5-25-15(8-24-18(12)25)17(26)11-6-13(21)16(23)14(22)7-11/h3-8H,9-10,23H2,1-2H3. The Morgan fingerprint density at radius 1 is 1.25 bits per heavy atom.